The first-order valence-electron chi connectivity index (χ1n) is 7.80. The summed E-state index contributed by atoms with van der Waals surface area (Å²) in [6, 6.07) is 5.44. The molecule has 25 heavy (non-hydrogen) atoms. The lowest BCUT2D eigenvalue weighted by Gasteiger charge is -2.06. The largest absolute Gasteiger partial charge is 0.454 e. The first-order chi connectivity index (χ1) is 12.1. The second-order valence-corrected chi connectivity index (χ2v) is 6.17. The molecule has 1 aliphatic rings. The van der Waals surface area contributed by atoms with Crippen molar-refractivity contribution in [2.24, 2.45) is 0 Å². The van der Waals surface area contributed by atoms with Gasteiger partial charge in [-0.05, 0) is 35.6 Å². The van der Waals surface area contributed by atoms with Crippen LogP contribution in [-0.4, -0.2) is 29.5 Å². The van der Waals surface area contributed by atoms with E-state index in [4.69, 9.17) is 15.2 Å². The Labute approximate surface area is 148 Å². The van der Waals surface area contributed by atoms with E-state index in [0.29, 0.717) is 24.6 Å². The number of carbonyl (C=O) groups is 2. The summed E-state index contributed by atoms with van der Waals surface area (Å²) in [5.74, 6) is 0.594. The second-order valence-electron chi connectivity index (χ2n) is 5.40. The molecular formula is C16H18N4O4S. The zero-order valence-electron chi connectivity index (χ0n) is 13.6. The van der Waals surface area contributed by atoms with Crippen LogP contribution in [0.25, 0.3) is 0 Å². The van der Waals surface area contributed by atoms with Crippen LogP contribution in [0.3, 0.4) is 0 Å². The van der Waals surface area contributed by atoms with Crippen molar-refractivity contribution in [1.29, 1.82) is 0 Å². The Morgan fingerprint density at radius 3 is 2.84 bits per heavy atom. The van der Waals surface area contributed by atoms with Gasteiger partial charge in [0.25, 0.3) is 11.8 Å². The molecule has 1 aliphatic heterocycles. The third kappa shape index (κ3) is 3.66. The Balaban J connectivity index is 1.63. The third-order valence-corrected chi connectivity index (χ3v) is 4.44. The maximum Gasteiger partial charge on any atom is 0.273 e. The molecule has 0 aliphatic carbocycles. The van der Waals surface area contributed by atoms with Crippen molar-refractivity contribution in [2.45, 2.75) is 19.9 Å². The normalized spacial score (nSPS) is 12.0. The predicted molar refractivity (Wildman–Crippen MR) is 92.9 cm³/mol. The van der Waals surface area contributed by atoms with E-state index in [0.717, 1.165) is 23.5 Å². The number of fused-ring (bicyclic) bond motifs is 1. The molecule has 1 aromatic carbocycles. The van der Waals surface area contributed by atoms with Gasteiger partial charge >= 0.3 is 0 Å². The summed E-state index contributed by atoms with van der Waals surface area (Å²) in [5.41, 5.74) is 6.96. The number of anilines is 1. The van der Waals surface area contributed by atoms with Gasteiger partial charge in [-0.15, -0.1) is 0 Å². The van der Waals surface area contributed by atoms with E-state index in [9.17, 15) is 9.59 Å². The number of nitrogens with zero attached hydrogens (tertiary/aromatic N) is 1. The van der Waals surface area contributed by atoms with E-state index in [-0.39, 0.29) is 34.9 Å². The van der Waals surface area contributed by atoms with Gasteiger partial charge in [0.2, 0.25) is 6.79 Å². The molecule has 8 nitrogen and oxygen atoms in total. The van der Waals surface area contributed by atoms with Crippen LogP contribution < -0.4 is 25.8 Å². The van der Waals surface area contributed by atoms with Gasteiger partial charge in [-0.25, -0.2) is 0 Å². The molecule has 2 amide bonds. The third-order valence-electron chi connectivity index (χ3n) is 3.57. The van der Waals surface area contributed by atoms with Gasteiger partial charge in [-0.3, -0.25) is 9.59 Å². The smallest absolute Gasteiger partial charge is 0.273 e. The summed E-state index contributed by atoms with van der Waals surface area (Å²) in [7, 11) is 0. The second kappa shape index (κ2) is 7.39. The van der Waals surface area contributed by atoms with Gasteiger partial charge in [0, 0.05) is 13.1 Å². The van der Waals surface area contributed by atoms with Crippen molar-refractivity contribution in [3.63, 3.8) is 0 Å². The highest BCUT2D eigenvalue weighted by Gasteiger charge is 2.22. The predicted octanol–water partition coefficient (Wildman–Crippen LogP) is 1.52. The van der Waals surface area contributed by atoms with Crippen molar-refractivity contribution in [3.05, 3.63) is 34.3 Å². The SMILES string of the molecule is CCCNC(=O)c1nsc(C(=O)NCc2ccc3c(c2)OCO3)c1N. The Hall–Kier alpha value is -2.81. The first-order valence-corrected chi connectivity index (χ1v) is 8.57. The molecule has 0 fully saturated rings. The number of amides is 2. The molecular weight excluding hydrogens is 344 g/mol. The average Bonchev–Trinajstić information content (AvgIpc) is 3.23. The number of hydrogen-bond acceptors (Lipinski definition) is 7. The van der Waals surface area contributed by atoms with Crippen molar-refractivity contribution in [1.82, 2.24) is 15.0 Å². The molecule has 0 atom stereocenters. The molecule has 0 saturated heterocycles. The Kier molecular flexibility index (Phi) is 5.03. The summed E-state index contributed by atoms with van der Waals surface area (Å²) < 4.78 is 14.5. The molecule has 0 bridgehead atoms. The highest BCUT2D eigenvalue weighted by atomic mass is 32.1. The van der Waals surface area contributed by atoms with E-state index < -0.39 is 0 Å². The Morgan fingerprint density at radius 1 is 1.24 bits per heavy atom. The number of benzene rings is 1. The van der Waals surface area contributed by atoms with Crippen LogP contribution >= 0.6 is 11.5 Å². The van der Waals surface area contributed by atoms with Crippen LogP contribution in [0, 0.1) is 0 Å². The fourth-order valence-corrected chi connectivity index (χ4v) is 2.97. The number of nitrogen functional groups attached to an aromatic ring is 1. The van der Waals surface area contributed by atoms with E-state index in [2.05, 4.69) is 15.0 Å². The van der Waals surface area contributed by atoms with Crippen LogP contribution in [0.4, 0.5) is 5.69 Å². The van der Waals surface area contributed by atoms with Gasteiger partial charge in [0.15, 0.2) is 17.2 Å². The van der Waals surface area contributed by atoms with Crippen LogP contribution in [0.2, 0.25) is 0 Å². The standard InChI is InChI=1S/C16H18N4O4S/c1-2-5-18-15(21)13-12(17)14(25-20-13)16(22)19-7-9-3-4-10-11(6-9)24-8-23-10/h3-4,6H,2,5,7-8,17H2,1H3,(H,18,21)(H,19,22). The molecule has 0 saturated carbocycles. The lowest BCUT2D eigenvalue weighted by molar-refractivity contribution is 0.0949. The number of aromatic nitrogens is 1. The molecule has 0 spiro atoms. The van der Waals surface area contributed by atoms with Gasteiger partial charge in [-0.2, -0.15) is 4.37 Å². The van der Waals surface area contributed by atoms with E-state index >= 15 is 0 Å². The van der Waals surface area contributed by atoms with Crippen LogP contribution in [0.1, 0.15) is 39.1 Å². The van der Waals surface area contributed by atoms with Crippen molar-refractivity contribution in [2.75, 3.05) is 19.1 Å². The molecule has 2 aromatic rings. The van der Waals surface area contributed by atoms with Crippen LogP contribution in [0.5, 0.6) is 11.5 Å². The quantitative estimate of drug-likeness (QED) is 0.718. The highest BCUT2D eigenvalue weighted by molar-refractivity contribution is 7.09. The topological polar surface area (TPSA) is 116 Å². The Morgan fingerprint density at radius 2 is 2.04 bits per heavy atom. The minimum absolute atomic E-state index is 0.0895. The maximum atomic E-state index is 12.3. The Bertz CT molecular complexity index is 805. The summed E-state index contributed by atoms with van der Waals surface area (Å²) in [6.45, 7) is 2.97. The van der Waals surface area contributed by atoms with Gasteiger partial charge < -0.3 is 25.8 Å². The maximum absolute atomic E-state index is 12.3. The van der Waals surface area contributed by atoms with Crippen LogP contribution in [0.15, 0.2) is 18.2 Å². The molecule has 1 aromatic heterocycles. The molecule has 0 unspecified atom stereocenters. The zero-order valence-corrected chi connectivity index (χ0v) is 14.4. The van der Waals surface area contributed by atoms with Crippen LogP contribution in [-0.2, 0) is 6.54 Å². The minimum Gasteiger partial charge on any atom is -0.454 e. The number of carbonyl (C=O) groups excluding carboxylic acids is 2. The van der Waals surface area contributed by atoms with Crippen molar-refractivity contribution < 1.29 is 19.1 Å². The molecule has 9 heteroatoms. The number of nitrogens with two attached hydrogens (primary N) is 1. The zero-order chi connectivity index (χ0) is 17.8. The summed E-state index contributed by atoms with van der Waals surface area (Å²) >= 11 is 0.909. The number of nitrogens with one attached hydrogen (secondary N) is 2. The summed E-state index contributed by atoms with van der Waals surface area (Å²) in [6.07, 6.45) is 0.804. The number of hydrogen-bond donors (Lipinski definition) is 3. The van der Waals surface area contributed by atoms with Crippen molar-refractivity contribution in [3.8, 4) is 11.5 Å². The minimum atomic E-state index is -0.373. The lowest BCUT2D eigenvalue weighted by atomic mass is 10.2. The van der Waals surface area contributed by atoms with Gasteiger partial charge in [0.1, 0.15) is 4.88 Å². The molecule has 4 N–H and O–H groups in total. The molecule has 0 radical (unpaired) electrons. The average molecular weight is 362 g/mol. The fourth-order valence-electron chi connectivity index (χ4n) is 2.26. The molecule has 132 valence electrons. The highest BCUT2D eigenvalue weighted by Crippen LogP contribution is 2.32. The van der Waals surface area contributed by atoms with E-state index in [1.54, 1.807) is 6.07 Å². The summed E-state index contributed by atoms with van der Waals surface area (Å²) in [5, 5.41) is 5.46. The van der Waals surface area contributed by atoms with E-state index in [1.807, 2.05) is 19.1 Å². The monoisotopic (exact) mass is 362 g/mol. The lowest BCUT2D eigenvalue weighted by Crippen LogP contribution is -2.26. The molecule has 2 heterocycles. The first kappa shape index (κ1) is 17.0. The fraction of sp³-hybridized carbons (Fsp3) is 0.312. The van der Waals surface area contributed by atoms with Crippen molar-refractivity contribution >= 4 is 29.0 Å². The van der Waals surface area contributed by atoms with E-state index in [1.165, 1.54) is 0 Å². The van der Waals surface area contributed by atoms with Gasteiger partial charge in [0.05, 0.1) is 5.69 Å². The number of rotatable bonds is 6. The summed E-state index contributed by atoms with van der Waals surface area (Å²) in [4.78, 5) is 24.5. The molecule has 3 rings (SSSR count). The number of ether oxygens (including phenoxy) is 2. The van der Waals surface area contributed by atoms with Gasteiger partial charge in [-0.1, -0.05) is 13.0 Å².